The first-order valence-electron chi connectivity index (χ1n) is 4.86. The molecule has 3 N–H and O–H groups in total. The zero-order valence-electron chi connectivity index (χ0n) is 8.69. The van der Waals surface area contributed by atoms with Gasteiger partial charge in [0, 0.05) is 0 Å². The molecule has 1 heteroatoms. The normalized spacial score (nSPS) is 16.9. The molecule has 0 aromatic heterocycles. The number of quaternary nitrogens is 1. The highest BCUT2D eigenvalue weighted by Gasteiger charge is 1.85. The van der Waals surface area contributed by atoms with E-state index < -0.39 is 5.71 Å². The Morgan fingerprint density at radius 3 is 2.62 bits per heavy atom. The van der Waals surface area contributed by atoms with Crippen LogP contribution in [0.2, 0.25) is 4.24 Å². The molecule has 0 radical (unpaired) electrons. The van der Waals surface area contributed by atoms with Crippen LogP contribution >= 0.6 is 0 Å². The fraction of sp³-hybridized carbons (Fsp3) is 1.00. The molecule has 0 rings (SSSR count). The number of rotatable bonds is 6. The number of unbranched alkanes of at least 4 members (excludes halogenated alkanes) is 4. The molecular weight excluding hydrogens is 98.1 g/mol. The largest absolute Gasteiger partial charge is 0.358 e. The molecule has 0 heterocycles. The van der Waals surface area contributed by atoms with Gasteiger partial charge in [0.15, 0.2) is 0 Å². The van der Waals surface area contributed by atoms with Gasteiger partial charge in [-0.05, 0) is 12.8 Å². The van der Waals surface area contributed by atoms with Gasteiger partial charge in [-0.3, -0.25) is 0 Å². The molecule has 0 aliphatic carbocycles. The monoisotopic (exact) mass is 119 g/mol. The first-order valence-corrected chi connectivity index (χ1v) is 3.52. The highest BCUT2D eigenvalue weighted by Crippen LogP contribution is 1.99. The van der Waals surface area contributed by atoms with Gasteiger partial charge in [0.1, 0.15) is 0 Å². The number of hydrogen-bond acceptors (Lipinski definition) is 0. The Morgan fingerprint density at radius 1 is 1.25 bits per heavy atom. The third kappa shape index (κ3) is 5.96. The lowest BCUT2D eigenvalue weighted by atomic mass is 10.2. The molecule has 0 aromatic rings. The van der Waals surface area contributed by atoms with Crippen molar-refractivity contribution in [3.05, 3.63) is 0 Å². The van der Waals surface area contributed by atoms with Crippen LogP contribution < -0.4 is 5.71 Å². The predicted molar refractivity (Wildman–Crippen MR) is 36.5 cm³/mol. The summed E-state index contributed by atoms with van der Waals surface area (Å²) < 4.78 is 20.6. The summed E-state index contributed by atoms with van der Waals surface area (Å²) in [4.78, 5) is 0. The van der Waals surface area contributed by atoms with Gasteiger partial charge >= 0.3 is 4.24 Å². The second-order valence-corrected chi connectivity index (χ2v) is 2.14. The molecule has 0 unspecified atom stereocenters. The van der Waals surface area contributed by atoms with Crippen molar-refractivity contribution in [1.82, 2.24) is 0 Å². The highest BCUT2D eigenvalue weighted by molar-refractivity contribution is 4.38. The van der Waals surface area contributed by atoms with Gasteiger partial charge in [0.2, 0.25) is 0 Å². The zero-order valence-corrected chi connectivity index (χ0v) is 5.69. The molecule has 0 aliphatic rings. The average molecular weight is 119 g/mol. The SMILES string of the molecule is [2H][N+]([2H])([2H])CCCCCCC. The van der Waals surface area contributed by atoms with Crippen molar-refractivity contribution in [2.75, 3.05) is 6.54 Å². The van der Waals surface area contributed by atoms with E-state index in [0.717, 1.165) is 12.8 Å². The van der Waals surface area contributed by atoms with Gasteiger partial charge in [-0.2, -0.15) is 0 Å². The van der Waals surface area contributed by atoms with Crippen LogP contribution in [0.1, 0.15) is 39.0 Å². The minimum atomic E-state index is -1.13. The van der Waals surface area contributed by atoms with Gasteiger partial charge < -0.3 is 5.71 Å². The fourth-order valence-corrected chi connectivity index (χ4v) is 0.715. The second-order valence-electron chi connectivity index (χ2n) is 2.14. The minimum Gasteiger partial charge on any atom is -0.358 e. The van der Waals surface area contributed by atoms with Gasteiger partial charge in [-0.25, -0.2) is 0 Å². The van der Waals surface area contributed by atoms with Crippen molar-refractivity contribution in [3.63, 3.8) is 0 Å². The van der Waals surface area contributed by atoms with Crippen molar-refractivity contribution < 1.29 is 9.95 Å². The first kappa shape index (κ1) is 3.89. The van der Waals surface area contributed by atoms with E-state index in [9.17, 15) is 0 Å². The van der Waals surface area contributed by atoms with E-state index in [1.54, 1.807) is 0 Å². The Bertz CT molecular complexity index is 90.2. The summed E-state index contributed by atoms with van der Waals surface area (Å²) in [7, 11) is 0. The van der Waals surface area contributed by atoms with Crippen LogP contribution in [0.3, 0.4) is 0 Å². The van der Waals surface area contributed by atoms with Crippen LogP contribution in [0.25, 0.3) is 0 Å². The quantitative estimate of drug-likeness (QED) is 0.509. The lowest BCUT2D eigenvalue weighted by Crippen LogP contribution is -2.50. The Balaban J connectivity index is 3.02. The van der Waals surface area contributed by atoms with Gasteiger partial charge in [0.25, 0.3) is 0 Å². The van der Waals surface area contributed by atoms with E-state index in [4.69, 9.17) is 4.24 Å². The molecular formula is C7H18N+. The lowest BCUT2D eigenvalue weighted by molar-refractivity contribution is -0.368. The van der Waals surface area contributed by atoms with Gasteiger partial charge in [0.05, 0.1) is 6.54 Å². The molecule has 0 saturated carbocycles. The van der Waals surface area contributed by atoms with Crippen molar-refractivity contribution in [2.24, 2.45) is 0 Å². The van der Waals surface area contributed by atoms with Gasteiger partial charge in [-0.15, -0.1) is 0 Å². The summed E-state index contributed by atoms with van der Waals surface area (Å²) in [5.74, 6) is 0. The van der Waals surface area contributed by atoms with E-state index in [0.29, 0.717) is 6.54 Å². The summed E-state index contributed by atoms with van der Waals surface area (Å²) in [5, 5.41) is 0. The molecule has 0 saturated heterocycles. The van der Waals surface area contributed by atoms with Crippen molar-refractivity contribution in [1.29, 1.82) is 0 Å². The first-order chi connectivity index (χ1) is 5.06. The van der Waals surface area contributed by atoms with Gasteiger partial charge in [-0.1, -0.05) is 26.2 Å². The van der Waals surface area contributed by atoms with Crippen molar-refractivity contribution in [2.45, 2.75) is 39.0 Å². The summed E-state index contributed by atoms with van der Waals surface area (Å²) >= 11 is 0. The Morgan fingerprint density at radius 2 is 2.00 bits per heavy atom. The standard InChI is InChI=1S/C7H17N/c1-2-3-4-5-6-7-8/h2-8H2,1H3/p+1/i/hD3. The van der Waals surface area contributed by atoms with E-state index in [2.05, 4.69) is 6.92 Å². The van der Waals surface area contributed by atoms with Crippen LogP contribution in [0.4, 0.5) is 0 Å². The molecule has 0 fully saturated rings. The van der Waals surface area contributed by atoms with Crippen LogP contribution in [0.5, 0.6) is 0 Å². The van der Waals surface area contributed by atoms with Crippen LogP contribution in [0, 0.1) is 0 Å². The van der Waals surface area contributed by atoms with Crippen LogP contribution in [-0.2, 0) is 0 Å². The number of hydrogen-bond donors (Lipinski definition) is 1. The van der Waals surface area contributed by atoms with E-state index in [1.807, 2.05) is 0 Å². The van der Waals surface area contributed by atoms with Crippen molar-refractivity contribution >= 4 is 0 Å². The molecule has 0 atom stereocenters. The minimum absolute atomic E-state index is 0.323. The van der Waals surface area contributed by atoms with Crippen LogP contribution in [-0.4, -0.2) is 6.54 Å². The summed E-state index contributed by atoms with van der Waals surface area (Å²) in [5.41, 5.74) is -1.13. The molecule has 0 bridgehead atoms. The predicted octanol–water partition coefficient (Wildman–Crippen LogP) is 1.20. The third-order valence-corrected chi connectivity index (χ3v) is 1.26. The zero-order chi connectivity index (χ0) is 8.74. The molecule has 0 aliphatic heterocycles. The highest BCUT2D eigenvalue weighted by atomic mass is 14.5. The Labute approximate surface area is 56.7 Å². The maximum absolute atomic E-state index is 6.88. The molecule has 8 heavy (non-hydrogen) atoms. The average Bonchev–Trinajstić information content (AvgIpc) is 1.85. The second kappa shape index (κ2) is 6.96. The molecule has 0 spiro atoms. The van der Waals surface area contributed by atoms with E-state index in [-0.39, 0.29) is 0 Å². The van der Waals surface area contributed by atoms with E-state index in [1.165, 1.54) is 19.3 Å². The topological polar surface area (TPSA) is 27.6 Å². The Hall–Kier alpha value is -0.0400. The Kier molecular flexibility index (Phi) is 3.38. The third-order valence-electron chi connectivity index (χ3n) is 1.26. The fourth-order valence-electron chi connectivity index (χ4n) is 0.715. The summed E-state index contributed by atoms with van der Waals surface area (Å²) in [6.07, 6.45) is 5.51. The summed E-state index contributed by atoms with van der Waals surface area (Å²) in [6, 6.07) is 0. The maximum Gasteiger partial charge on any atom is 0.344 e. The molecule has 1 nitrogen and oxygen atoms in total. The smallest absolute Gasteiger partial charge is 0.344 e. The lowest BCUT2D eigenvalue weighted by Gasteiger charge is -1.92. The molecule has 50 valence electrons. The van der Waals surface area contributed by atoms with E-state index >= 15 is 0 Å². The van der Waals surface area contributed by atoms with Crippen molar-refractivity contribution in [3.8, 4) is 0 Å². The maximum atomic E-state index is 6.88. The van der Waals surface area contributed by atoms with Crippen LogP contribution in [0.15, 0.2) is 0 Å². The molecule has 0 aromatic carbocycles. The summed E-state index contributed by atoms with van der Waals surface area (Å²) in [6.45, 7) is 2.48. The molecule has 0 amide bonds.